The quantitative estimate of drug-likeness (QED) is 0.549. The SMILES string of the molecule is CC(OC(=O)C(N)Cc1ccccc1)OC(=O)C(N)Cc1ccccc1. The molecule has 0 saturated heterocycles. The van der Waals surface area contributed by atoms with E-state index in [1.54, 1.807) is 0 Å². The Morgan fingerprint density at radius 2 is 1.12 bits per heavy atom. The van der Waals surface area contributed by atoms with Crippen LogP contribution in [-0.2, 0) is 31.9 Å². The molecule has 0 heterocycles. The molecule has 0 aliphatic heterocycles. The minimum absolute atomic E-state index is 0.341. The zero-order valence-corrected chi connectivity index (χ0v) is 14.7. The van der Waals surface area contributed by atoms with Crippen LogP contribution in [0.25, 0.3) is 0 Å². The van der Waals surface area contributed by atoms with Crippen molar-refractivity contribution < 1.29 is 19.1 Å². The highest BCUT2D eigenvalue weighted by Crippen LogP contribution is 2.07. The van der Waals surface area contributed by atoms with Gasteiger partial charge in [0, 0.05) is 6.92 Å². The molecule has 0 aromatic heterocycles. The van der Waals surface area contributed by atoms with Crippen molar-refractivity contribution in [3.05, 3.63) is 71.8 Å². The molecular formula is C20H24N2O4. The average molecular weight is 356 g/mol. The minimum Gasteiger partial charge on any atom is -0.424 e. The van der Waals surface area contributed by atoms with E-state index in [1.807, 2.05) is 60.7 Å². The zero-order valence-electron chi connectivity index (χ0n) is 14.7. The summed E-state index contributed by atoms with van der Waals surface area (Å²) in [5.41, 5.74) is 13.5. The van der Waals surface area contributed by atoms with Crippen molar-refractivity contribution in [3.8, 4) is 0 Å². The Bertz CT molecular complexity index is 645. The van der Waals surface area contributed by atoms with Crippen LogP contribution in [0.2, 0.25) is 0 Å². The van der Waals surface area contributed by atoms with Crippen LogP contribution in [0.1, 0.15) is 18.1 Å². The number of carbonyl (C=O) groups is 2. The fraction of sp³-hybridized carbons (Fsp3) is 0.300. The van der Waals surface area contributed by atoms with Gasteiger partial charge < -0.3 is 20.9 Å². The van der Waals surface area contributed by atoms with Gasteiger partial charge in [0.25, 0.3) is 0 Å². The van der Waals surface area contributed by atoms with Crippen molar-refractivity contribution in [2.24, 2.45) is 11.5 Å². The van der Waals surface area contributed by atoms with E-state index >= 15 is 0 Å². The minimum atomic E-state index is -1.06. The lowest BCUT2D eigenvalue weighted by molar-refractivity contribution is -0.186. The van der Waals surface area contributed by atoms with Crippen LogP contribution in [0.3, 0.4) is 0 Å². The van der Waals surface area contributed by atoms with E-state index in [2.05, 4.69) is 0 Å². The maximum Gasteiger partial charge on any atom is 0.326 e. The van der Waals surface area contributed by atoms with E-state index in [4.69, 9.17) is 20.9 Å². The molecule has 6 nitrogen and oxygen atoms in total. The average Bonchev–Trinajstić information content (AvgIpc) is 2.63. The lowest BCUT2D eigenvalue weighted by atomic mass is 10.1. The van der Waals surface area contributed by atoms with Crippen molar-refractivity contribution in [2.45, 2.75) is 38.1 Å². The summed E-state index contributed by atoms with van der Waals surface area (Å²) < 4.78 is 10.2. The van der Waals surface area contributed by atoms with E-state index < -0.39 is 30.3 Å². The Labute approximate surface area is 153 Å². The van der Waals surface area contributed by atoms with E-state index in [-0.39, 0.29) is 0 Å². The van der Waals surface area contributed by atoms with Gasteiger partial charge in [-0.15, -0.1) is 0 Å². The molecule has 2 aromatic rings. The molecule has 0 radical (unpaired) electrons. The first-order valence-electron chi connectivity index (χ1n) is 8.45. The van der Waals surface area contributed by atoms with Crippen LogP contribution < -0.4 is 11.5 Å². The molecule has 0 saturated carbocycles. The summed E-state index contributed by atoms with van der Waals surface area (Å²) in [6, 6.07) is 17.1. The Hall–Kier alpha value is -2.70. The van der Waals surface area contributed by atoms with Crippen molar-refractivity contribution in [1.29, 1.82) is 0 Å². The molecule has 2 rings (SSSR count). The number of ether oxygens (including phenoxy) is 2. The monoisotopic (exact) mass is 356 g/mol. The second kappa shape index (κ2) is 9.70. The Morgan fingerprint density at radius 1 is 0.769 bits per heavy atom. The van der Waals surface area contributed by atoms with Crippen molar-refractivity contribution in [1.82, 2.24) is 0 Å². The number of rotatable bonds is 8. The molecule has 0 spiro atoms. The van der Waals surface area contributed by atoms with E-state index in [0.29, 0.717) is 12.8 Å². The molecule has 138 valence electrons. The lowest BCUT2D eigenvalue weighted by Gasteiger charge is -2.19. The fourth-order valence-corrected chi connectivity index (χ4v) is 2.43. The summed E-state index contributed by atoms with van der Waals surface area (Å²) >= 11 is 0. The molecule has 0 bridgehead atoms. The lowest BCUT2D eigenvalue weighted by Crippen LogP contribution is -2.40. The molecule has 2 aromatic carbocycles. The van der Waals surface area contributed by atoms with Gasteiger partial charge in [-0.25, -0.2) is 0 Å². The van der Waals surface area contributed by atoms with Gasteiger partial charge in [-0.05, 0) is 24.0 Å². The highest BCUT2D eigenvalue weighted by molar-refractivity contribution is 5.77. The topological polar surface area (TPSA) is 105 Å². The Balaban J connectivity index is 1.78. The number of benzene rings is 2. The van der Waals surface area contributed by atoms with Crippen LogP contribution in [0.15, 0.2) is 60.7 Å². The molecule has 0 fully saturated rings. The van der Waals surface area contributed by atoms with Gasteiger partial charge in [0.1, 0.15) is 12.1 Å². The van der Waals surface area contributed by atoms with Gasteiger partial charge in [-0.3, -0.25) is 9.59 Å². The van der Waals surface area contributed by atoms with Crippen molar-refractivity contribution >= 4 is 11.9 Å². The highest BCUT2D eigenvalue weighted by atomic mass is 16.7. The molecular weight excluding hydrogens is 332 g/mol. The third kappa shape index (κ3) is 6.31. The van der Waals surface area contributed by atoms with E-state index in [9.17, 15) is 9.59 Å². The fourth-order valence-electron chi connectivity index (χ4n) is 2.43. The summed E-state index contributed by atoms with van der Waals surface area (Å²) in [4.78, 5) is 24.1. The number of hydrogen-bond donors (Lipinski definition) is 2. The maximum absolute atomic E-state index is 12.0. The van der Waals surface area contributed by atoms with Gasteiger partial charge in [-0.2, -0.15) is 0 Å². The van der Waals surface area contributed by atoms with Crippen LogP contribution in [-0.4, -0.2) is 30.3 Å². The molecule has 2 unspecified atom stereocenters. The van der Waals surface area contributed by atoms with Crippen LogP contribution in [0.4, 0.5) is 0 Å². The third-order valence-electron chi connectivity index (χ3n) is 3.77. The summed E-state index contributed by atoms with van der Waals surface area (Å²) in [5.74, 6) is -1.27. The molecule has 4 N–H and O–H groups in total. The number of carbonyl (C=O) groups excluding carboxylic acids is 2. The normalized spacial score (nSPS) is 14.1. The molecule has 0 aliphatic carbocycles. The first-order chi connectivity index (χ1) is 12.5. The Kier molecular flexibility index (Phi) is 7.32. The van der Waals surface area contributed by atoms with Crippen molar-refractivity contribution in [2.75, 3.05) is 0 Å². The second-order valence-corrected chi connectivity index (χ2v) is 6.03. The molecule has 2 atom stereocenters. The summed E-state index contributed by atoms with van der Waals surface area (Å²) in [6.45, 7) is 1.46. The maximum atomic E-state index is 12.0. The molecule has 6 heteroatoms. The first-order valence-corrected chi connectivity index (χ1v) is 8.45. The second-order valence-electron chi connectivity index (χ2n) is 6.03. The molecule has 26 heavy (non-hydrogen) atoms. The largest absolute Gasteiger partial charge is 0.424 e. The number of esters is 2. The van der Waals surface area contributed by atoms with Crippen molar-refractivity contribution in [3.63, 3.8) is 0 Å². The predicted octanol–water partition coefficient (Wildman–Crippen LogP) is 1.56. The van der Waals surface area contributed by atoms with E-state index in [1.165, 1.54) is 6.92 Å². The van der Waals surface area contributed by atoms with E-state index in [0.717, 1.165) is 11.1 Å². The standard InChI is InChI=1S/C20H24N2O4/c1-14(25-19(23)17(21)12-15-8-4-2-5-9-15)26-20(24)18(22)13-16-10-6-3-7-11-16/h2-11,14,17-18H,12-13,21-22H2,1H3. The van der Waals surface area contributed by atoms with Gasteiger partial charge in [0.15, 0.2) is 0 Å². The highest BCUT2D eigenvalue weighted by Gasteiger charge is 2.23. The van der Waals surface area contributed by atoms with Crippen LogP contribution >= 0.6 is 0 Å². The first kappa shape index (κ1) is 19.6. The third-order valence-corrected chi connectivity index (χ3v) is 3.77. The van der Waals surface area contributed by atoms with Crippen LogP contribution in [0, 0.1) is 0 Å². The summed E-state index contributed by atoms with van der Waals surface area (Å²) in [7, 11) is 0. The number of hydrogen-bond acceptors (Lipinski definition) is 6. The zero-order chi connectivity index (χ0) is 18.9. The van der Waals surface area contributed by atoms with Gasteiger partial charge in [0.2, 0.25) is 6.29 Å². The predicted molar refractivity (Wildman–Crippen MR) is 97.9 cm³/mol. The number of nitrogens with two attached hydrogens (primary N) is 2. The Morgan fingerprint density at radius 3 is 1.46 bits per heavy atom. The summed E-state index contributed by atoms with van der Waals surface area (Å²) in [6.07, 6.45) is -0.375. The summed E-state index contributed by atoms with van der Waals surface area (Å²) in [5, 5.41) is 0. The van der Waals surface area contributed by atoms with Gasteiger partial charge in [0.05, 0.1) is 0 Å². The van der Waals surface area contributed by atoms with Crippen LogP contribution in [0.5, 0.6) is 0 Å². The smallest absolute Gasteiger partial charge is 0.326 e. The molecule has 0 amide bonds. The van der Waals surface area contributed by atoms with Gasteiger partial charge >= 0.3 is 11.9 Å². The molecule has 0 aliphatic rings. The van der Waals surface area contributed by atoms with Gasteiger partial charge in [-0.1, -0.05) is 60.7 Å².